The monoisotopic (exact) mass is 796 g/mol. The smallest absolute Gasteiger partial charge is 0.337 e. The Morgan fingerprint density at radius 3 is 1.69 bits per heavy atom. The van der Waals surface area contributed by atoms with Crippen LogP contribution in [0.1, 0.15) is 197 Å². The Labute approximate surface area is 346 Å². The van der Waals surface area contributed by atoms with Crippen molar-refractivity contribution in [1.82, 2.24) is 4.98 Å². The summed E-state index contributed by atoms with van der Waals surface area (Å²) in [7, 11) is 1.38. The zero-order valence-electron chi connectivity index (χ0n) is 36.0. The van der Waals surface area contributed by atoms with Crippen LogP contribution in [-0.2, 0) is 22.0 Å². The molecule has 3 aromatic rings. The Morgan fingerprint density at radius 1 is 0.724 bits per heavy atom. The van der Waals surface area contributed by atoms with Crippen molar-refractivity contribution in [3.05, 3.63) is 99.4 Å². The van der Waals surface area contributed by atoms with Gasteiger partial charge in [0.1, 0.15) is 0 Å². The summed E-state index contributed by atoms with van der Waals surface area (Å²) < 4.78 is 4.85. The number of carbonyl (C=O) groups excluding carboxylic acids is 2. The maximum atomic E-state index is 13.1. The third-order valence-electron chi connectivity index (χ3n) is 15.3. The molecule has 0 radical (unpaired) electrons. The number of carbonyl (C=O) groups is 2. The number of aromatic nitrogens is 1. The summed E-state index contributed by atoms with van der Waals surface area (Å²) in [6, 6.07) is 15.5. The molecule has 0 amide bonds. The van der Waals surface area contributed by atoms with Gasteiger partial charge in [0, 0.05) is 23.9 Å². The van der Waals surface area contributed by atoms with Gasteiger partial charge in [-0.3, -0.25) is 9.78 Å². The van der Waals surface area contributed by atoms with E-state index in [0.717, 1.165) is 112 Å². The number of methoxy groups -OCH3 is 1. The molecule has 0 spiro atoms. The molecule has 1 aromatic heterocycles. The van der Waals surface area contributed by atoms with Crippen LogP contribution < -0.4 is 0 Å². The third-order valence-corrected chi connectivity index (χ3v) is 15.3. The van der Waals surface area contributed by atoms with Crippen molar-refractivity contribution in [2.75, 3.05) is 7.11 Å². The lowest BCUT2D eigenvalue weighted by atomic mass is 9.56. The Hall–Kier alpha value is -3.43. The third kappa shape index (κ3) is 8.59. The molecule has 2 aromatic carbocycles. The lowest BCUT2D eigenvalue weighted by Crippen LogP contribution is -2.47. The summed E-state index contributed by atoms with van der Waals surface area (Å²) in [5.74, 6) is 0.404. The lowest BCUT2D eigenvalue weighted by Gasteiger charge is -2.50. The van der Waals surface area contributed by atoms with Crippen molar-refractivity contribution in [3.8, 4) is 0 Å². The Kier molecular flexibility index (Phi) is 13.7. The molecular weight excluding hydrogens is 727 g/mol. The highest BCUT2D eigenvalue weighted by Gasteiger charge is 2.52. The minimum absolute atomic E-state index is 0.0264. The van der Waals surface area contributed by atoms with E-state index in [1.165, 1.54) is 18.2 Å². The van der Waals surface area contributed by atoms with Crippen LogP contribution in [0.5, 0.6) is 0 Å². The van der Waals surface area contributed by atoms with Gasteiger partial charge in [0.05, 0.1) is 36.1 Å². The number of hydrogen-bond acceptors (Lipinski definition) is 8. The van der Waals surface area contributed by atoms with E-state index >= 15 is 0 Å². The summed E-state index contributed by atoms with van der Waals surface area (Å²) in [4.78, 5) is 29.3. The lowest BCUT2D eigenvalue weighted by molar-refractivity contribution is -0.0552. The molecule has 2 unspecified atom stereocenters. The SMILES string of the molecule is CCC[C@@]1(O)CC[C@@]2(CC)c3ccc(C(=O)Cc4cccnc4C)cc3C(O)CC[C@H]2C1.CCC[C@@]1(O)CC[C@@]2(CC)c3ccc(C(=O)OC)cc3C(O)CC[C@H]2C1. The minimum atomic E-state index is -0.578. The number of pyridine rings is 1. The number of fused-ring (bicyclic) bond motifs is 6. The van der Waals surface area contributed by atoms with Crippen molar-refractivity contribution < 1.29 is 34.8 Å². The molecule has 0 saturated heterocycles. The van der Waals surface area contributed by atoms with Crippen molar-refractivity contribution in [2.45, 2.75) is 178 Å². The van der Waals surface area contributed by atoms with E-state index < -0.39 is 23.4 Å². The van der Waals surface area contributed by atoms with Gasteiger partial charge in [0.2, 0.25) is 0 Å². The number of Topliss-reactive ketones (excluding diaryl/α,β-unsaturated/α-hetero) is 1. The molecule has 8 atom stereocenters. The number of benzene rings is 2. The summed E-state index contributed by atoms with van der Waals surface area (Å²) in [5, 5.41) is 44.1. The second kappa shape index (κ2) is 18.0. The van der Waals surface area contributed by atoms with Gasteiger partial charge in [-0.05, 0) is 172 Å². The van der Waals surface area contributed by atoms with Gasteiger partial charge in [0.25, 0.3) is 0 Å². The summed E-state index contributed by atoms with van der Waals surface area (Å²) in [6.45, 7) is 10.6. The van der Waals surface area contributed by atoms with Gasteiger partial charge in [-0.15, -0.1) is 0 Å². The molecule has 4 aliphatic rings. The number of esters is 1. The number of ketones is 1. The molecule has 316 valence electrons. The Bertz CT molecular complexity index is 1930. The van der Waals surface area contributed by atoms with Crippen LogP contribution in [0.4, 0.5) is 0 Å². The van der Waals surface area contributed by atoms with Crippen LogP contribution in [0, 0.1) is 18.8 Å². The first-order valence-electron chi connectivity index (χ1n) is 22.3. The number of rotatable bonds is 10. The van der Waals surface area contributed by atoms with Gasteiger partial charge in [0.15, 0.2) is 5.78 Å². The summed E-state index contributed by atoms with van der Waals surface area (Å²) >= 11 is 0. The van der Waals surface area contributed by atoms with E-state index in [4.69, 9.17) is 4.74 Å². The predicted octanol–water partition coefficient (Wildman–Crippen LogP) is 9.90. The van der Waals surface area contributed by atoms with Gasteiger partial charge >= 0.3 is 5.97 Å². The first-order valence-corrected chi connectivity index (χ1v) is 22.3. The molecule has 2 saturated carbocycles. The van der Waals surface area contributed by atoms with Crippen LogP contribution in [0.15, 0.2) is 54.7 Å². The van der Waals surface area contributed by atoms with E-state index in [-0.39, 0.29) is 22.6 Å². The van der Waals surface area contributed by atoms with E-state index in [2.05, 4.69) is 38.7 Å². The maximum absolute atomic E-state index is 13.1. The van der Waals surface area contributed by atoms with Crippen LogP contribution >= 0.6 is 0 Å². The van der Waals surface area contributed by atoms with Crippen LogP contribution in [-0.4, -0.2) is 55.5 Å². The van der Waals surface area contributed by atoms with E-state index in [9.17, 15) is 30.0 Å². The summed E-state index contributed by atoms with van der Waals surface area (Å²) in [6.07, 6.45) is 14.8. The van der Waals surface area contributed by atoms with Crippen molar-refractivity contribution in [2.24, 2.45) is 11.8 Å². The largest absolute Gasteiger partial charge is 0.465 e. The number of nitrogens with zero attached hydrogens (tertiary/aromatic N) is 1. The average molecular weight is 796 g/mol. The fourth-order valence-corrected chi connectivity index (χ4v) is 12.0. The predicted molar refractivity (Wildman–Crippen MR) is 228 cm³/mol. The van der Waals surface area contributed by atoms with Crippen LogP contribution in [0.3, 0.4) is 0 Å². The standard InChI is InChI=1S/C28H37NO3.C22H32O4/c1-4-12-27(32)13-14-28(5-2)22(18-27)9-11-25(30)23-16-21(8-10-24(23)28)26(31)17-20-7-6-15-29-19(20)3;1-4-10-21(25)11-12-22(5-2)16(14-21)7-9-19(23)17-13-15(20(24)26-3)6-8-18(17)22/h6-8,10,15-16,22,25,30,32H,4-5,9,11-14,17-18H2,1-3H3;6,8,13,16,19,23,25H,4-5,7,9-12,14H2,1-3H3/t22-,25?,27+,28+;16-,19?,21+,22+/m00/s1. The van der Waals surface area contributed by atoms with Crippen LogP contribution in [0.25, 0.3) is 0 Å². The second-order valence-corrected chi connectivity index (χ2v) is 18.4. The molecule has 0 aliphatic heterocycles. The van der Waals surface area contributed by atoms with Crippen molar-refractivity contribution in [3.63, 3.8) is 0 Å². The number of ether oxygens (including phenoxy) is 1. The molecule has 4 aliphatic carbocycles. The Morgan fingerprint density at radius 2 is 1.22 bits per heavy atom. The van der Waals surface area contributed by atoms with E-state index in [0.29, 0.717) is 42.2 Å². The van der Waals surface area contributed by atoms with Crippen LogP contribution in [0.2, 0.25) is 0 Å². The number of aliphatic hydroxyl groups excluding tert-OH is 2. The molecule has 58 heavy (non-hydrogen) atoms. The number of aryl methyl sites for hydroxylation is 1. The fraction of sp³-hybridized carbons (Fsp3) is 0.620. The molecule has 1 heterocycles. The molecule has 8 nitrogen and oxygen atoms in total. The Balaban J connectivity index is 0.000000200. The molecule has 0 bridgehead atoms. The first-order chi connectivity index (χ1) is 27.7. The quantitative estimate of drug-likeness (QED) is 0.118. The maximum Gasteiger partial charge on any atom is 0.337 e. The average Bonchev–Trinajstić information content (AvgIpc) is 3.42. The second-order valence-electron chi connectivity index (χ2n) is 18.4. The molecule has 4 N–H and O–H groups in total. The minimum Gasteiger partial charge on any atom is -0.465 e. The number of aliphatic hydroxyl groups is 4. The fourth-order valence-electron chi connectivity index (χ4n) is 12.0. The zero-order chi connectivity index (χ0) is 41.9. The van der Waals surface area contributed by atoms with Gasteiger partial charge < -0.3 is 25.2 Å². The van der Waals surface area contributed by atoms with E-state index in [1.807, 2.05) is 49.4 Å². The molecule has 2 fully saturated rings. The summed E-state index contributed by atoms with van der Waals surface area (Å²) in [5.41, 5.74) is 5.93. The first kappa shape index (κ1) is 44.1. The molecule has 8 heteroatoms. The van der Waals surface area contributed by atoms with Gasteiger partial charge in [-0.2, -0.15) is 0 Å². The van der Waals surface area contributed by atoms with Gasteiger partial charge in [-0.1, -0.05) is 64.8 Å². The van der Waals surface area contributed by atoms with E-state index in [1.54, 1.807) is 6.20 Å². The highest BCUT2D eigenvalue weighted by Crippen LogP contribution is 2.57. The van der Waals surface area contributed by atoms with Crippen molar-refractivity contribution in [1.29, 1.82) is 0 Å². The highest BCUT2D eigenvalue weighted by atomic mass is 16.5. The normalized spacial score (nSPS) is 31.5. The topological polar surface area (TPSA) is 137 Å². The molecule has 7 rings (SSSR count). The zero-order valence-corrected chi connectivity index (χ0v) is 36.0. The van der Waals surface area contributed by atoms with Gasteiger partial charge in [-0.25, -0.2) is 4.79 Å². The highest BCUT2D eigenvalue weighted by molar-refractivity contribution is 5.98. The number of hydrogen-bond donors (Lipinski definition) is 4. The molecular formula is C50H69NO7. The van der Waals surface area contributed by atoms with Crippen molar-refractivity contribution >= 4 is 11.8 Å².